The zero-order chi connectivity index (χ0) is 11.4. The van der Waals surface area contributed by atoms with Crippen molar-refractivity contribution in [2.24, 2.45) is 0 Å². The molecule has 0 amide bonds. The van der Waals surface area contributed by atoms with Gasteiger partial charge in [0.1, 0.15) is 0 Å². The SMILES string of the molecule is CC(C#N)Sc1nc(-c2ccccc2)cs1. The number of hydrogen-bond acceptors (Lipinski definition) is 4. The van der Waals surface area contributed by atoms with E-state index in [1.807, 2.05) is 42.6 Å². The molecule has 0 spiro atoms. The van der Waals surface area contributed by atoms with Crippen molar-refractivity contribution in [3.63, 3.8) is 0 Å². The van der Waals surface area contributed by atoms with Crippen LogP contribution in [0.1, 0.15) is 6.92 Å². The lowest BCUT2D eigenvalue weighted by atomic mass is 10.2. The predicted octanol–water partition coefficient (Wildman–Crippen LogP) is 3.81. The number of thioether (sulfide) groups is 1. The van der Waals surface area contributed by atoms with Gasteiger partial charge in [0, 0.05) is 10.9 Å². The van der Waals surface area contributed by atoms with Crippen LogP contribution in [0.2, 0.25) is 0 Å². The van der Waals surface area contributed by atoms with Gasteiger partial charge in [-0.15, -0.1) is 11.3 Å². The average molecular weight is 246 g/mol. The van der Waals surface area contributed by atoms with Crippen molar-refractivity contribution >= 4 is 23.1 Å². The zero-order valence-corrected chi connectivity index (χ0v) is 10.4. The fourth-order valence-corrected chi connectivity index (χ4v) is 3.09. The molecule has 1 heterocycles. The summed E-state index contributed by atoms with van der Waals surface area (Å²) in [5.41, 5.74) is 2.11. The van der Waals surface area contributed by atoms with E-state index in [0.717, 1.165) is 15.6 Å². The lowest BCUT2D eigenvalue weighted by Gasteiger charge is -1.96. The van der Waals surface area contributed by atoms with E-state index in [9.17, 15) is 0 Å². The Morgan fingerprint density at radius 2 is 2.12 bits per heavy atom. The number of hydrogen-bond donors (Lipinski definition) is 0. The Morgan fingerprint density at radius 3 is 2.81 bits per heavy atom. The van der Waals surface area contributed by atoms with Crippen LogP contribution in [0.5, 0.6) is 0 Å². The van der Waals surface area contributed by atoms with Crippen molar-refractivity contribution in [2.75, 3.05) is 0 Å². The van der Waals surface area contributed by atoms with E-state index in [-0.39, 0.29) is 5.25 Å². The van der Waals surface area contributed by atoms with Crippen molar-refractivity contribution < 1.29 is 0 Å². The molecule has 0 bridgehead atoms. The minimum atomic E-state index is -0.0465. The maximum atomic E-state index is 8.73. The Hall–Kier alpha value is -1.31. The van der Waals surface area contributed by atoms with E-state index in [4.69, 9.17) is 5.26 Å². The maximum Gasteiger partial charge on any atom is 0.151 e. The molecule has 2 nitrogen and oxygen atoms in total. The average Bonchev–Trinajstić information content (AvgIpc) is 2.78. The zero-order valence-electron chi connectivity index (χ0n) is 8.75. The summed E-state index contributed by atoms with van der Waals surface area (Å²) in [6.45, 7) is 1.88. The van der Waals surface area contributed by atoms with Crippen molar-refractivity contribution in [1.29, 1.82) is 5.26 Å². The number of nitriles is 1. The molecule has 4 heteroatoms. The molecule has 0 radical (unpaired) electrons. The summed E-state index contributed by atoms with van der Waals surface area (Å²) in [5.74, 6) is 0. The fraction of sp³-hybridized carbons (Fsp3) is 0.167. The summed E-state index contributed by atoms with van der Waals surface area (Å²) in [6, 6.07) is 12.3. The van der Waals surface area contributed by atoms with Gasteiger partial charge in [-0.2, -0.15) is 5.26 Å². The van der Waals surface area contributed by atoms with Crippen molar-refractivity contribution in [3.8, 4) is 17.3 Å². The van der Waals surface area contributed by atoms with Crippen LogP contribution in [-0.2, 0) is 0 Å². The van der Waals surface area contributed by atoms with Gasteiger partial charge in [0.15, 0.2) is 4.34 Å². The normalized spacial score (nSPS) is 12.0. The van der Waals surface area contributed by atoms with Crippen LogP contribution in [0.15, 0.2) is 40.1 Å². The summed E-state index contributed by atoms with van der Waals surface area (Å²) in [5, 5.41) is 10.7. The maximum absolute atomic E-state index is 8.73. The van der Waals surface area contributed by atoms with Gasteiger partial charge >= 0.3 is 0 Å². The van der Waals surface area contributed by atoms with Gasteiger partial charge in [-0.1, -0.05) is 42.1 Å². The summed E-state index contributed by atoms with van der Waals surface area (Å²) >= 11 is 3.09. The van der Waals surface area contributed by atoms with Gasteiger partial charge in [-0.3, -0.25) is 0 Å². The molecule has 1 atom stereocenters. The predicted molar refractivity (Wildman–Crippen MR) is 68.5 cm³/mol. The van der Waals surface area contributed by atoms with Crippen LogP contribution >= 0.6 is 23.1 Å². The lowest BCUT2D eigenvalue weighted by molar-refractivity contribution is 1.20. The van der Waals surface area contributed by atoms with Crippen molar-refractivity contribution in [3.05, 3.63) is 35.7 Å². The smallest absolute Gasteiger partial charge is 0.151 e. The van der Waals surface area contributed by atoms with E-state index < -0.39 is 0 Å². The molecule has 16 heavy (non-hydrogen) atoms. The number of benzene rings is 1. The first kappa shape index (κ1) is 11.2. The van der Waals surface area contributed by atoms with Gasteiger partial charge < -0.3 is 0 Å². The van der Waals surface area contributed by atoms with Gasteiger partial charge in [0.25, 0.3) is 0 Å². The summed E-state index contributed by atoms with van der Waals surface area (Å²) in [7, 11) is 0. The Bertz CT molecular complexity index is 499. The summed E-state index contributed by atoms with van der Waals surface area (Å²) in [4.78, 5) is 4.50. The highest BCUT2D eigenvalue weighted by Gasteiger charge is 2.08. The first-order valence-corrected chi connectivity index (χ1v) is 6.63. The second-order valence-electron chi connectivity index (χ2n) is 3.25. The molecule has 80 valence electrons. The van der Waals surface area contributed by atoms with Gasteiger partial charge in [-0.25, -0.2) is 4.98 Å². The van der Waals surface area contributed by atoms with E-state index >= 15 is 0 Å². The molecular formula is C12H10N2S2. The number of nitrogens with zero attached hydrogens (tertiary/aromatic N) is 2. The third-order valence-electron chi connectivity index (χ3n) is 2.01. The standard InChI is InChI=1S/C12H10N2S2/c1-9(7-13)16-12-14-11(8-15-12)10-5-3-2-4-6-10/h2-6,8-9H,1H3. The minimum Gasteiger partial charge on any atom is -0.230 e. The van der Waals surface area contributed by atoms with Crippen LogP contribution in [-0.4, -0.2) is 10.2 Å². The molecule has 1 aromatic carbocycles. The molecule has 0 saturated carbocycles. The molecule has 0 N–H and O–H groups in total. The highest BCUT2D eigenvalue weighted by atomic mass is 32.2. The molecule has 2 rings (SSSR count). The quantitative estimate of drug-likeness (QED) is 0.773. The van der Waals surface area contributed by atoms with E-state index in [0.29, 0.717) is 0 Å². The molecule has 0 fully saturated rings. The van der Waals surface area contributed by atoms with Crippen LogP contribution in [0.3, 0.4) is 0 Å². The first-order valence-electron chi connectivity index (χ1n) is 4.87. The Kier molecular flexibility index (Phi) is 3.60. The van der Waals surface area contributed by atoms with Crippen LogP contribution in [0.25, 0.3) is 11.3 Å². The number of aromatic nitrogens is 1. The third-order valence-corrected chi connectivity index (χ3v) is 3.98. The monoisotopic (exact) mass is 246 g/mol. The minimum absolute atomic E-state index is 0.0465. The molecule has 0 aliphatic heterocycles. The molecule has 2 aromatic rings. The highest BCUT2D eigenvalue weighted by molar-refractivity contribution is 8.01. The Balaban J connectivity index is 2.18. The van der Waals surface area contributed by atoms with Crippen LogP contribution < -0.4 is 0 Å². The second kappa shape index (κ2) is 5.15. The Labute approximate surface area is 103 Å². The van der Waals surface area contributed by atoms with Gasteiger partial charge in [-0.05, 0) is 6.92 Å². The molecule has 0 aliphatic rings. The second-order valence-corrected chi connectivity index (χ2v) is 5.70. The summed E-state index contributed by atoms with van der Waals surface area (Å²) < 4.78 is 0.952. The number of thiazole rings is 1. The molecule has 0 saturated heterocycles. The van der Waals surface area contributed by atoms with Gasteiger partial charge in [0.2, 0.25) is 0 Å². The van der Waals surface area contributed by atoms with E-state index in [2.05, 4.69) is 11.1 Å². The third kappa shape index (κ3) is 2.63. The molecule has 0 aliphatic carbocycles. The highest BCUT2D eigenvalue weighted by Crippen LogP contribution is 2.30. The van der Waals surface area contributed by atoms with Crippen LogP contribution in [0.4, 0.5) is 0 Å². The molecule has 1 unspecified atom stereocenters. The van der Waals surface area contributed by atoms with Crippen molar-refractivity contribution in [2.45, 2.75) is 16.5 Å². The largest absolute Gasteiger partial charge is 0.230 e. The molecular weight excluding hydrogens is 236 g/mol. The Morgan fingerprint density at radius 1 is 1.38 bits per heavy atom. The van der Waals surface area contributed by atoms with Crippen LogP contribution in [0, 0.1) is 11.3 Å². The van der Waals surface area contributed by atoms with Gasteiger partial charge in [0.05, 0.1) is 17.0 Å². The van der Waals surface area contributed by atoms with E-state index in [1.54, 1.807) is 11.3 Å². The van der Waals surface area contributed by atoms with E-state index in [1.165, 1.54) is 11.8 Å². The summed E-state index contributed by atoms with van der Waals surface area (Å²) in [6.07, 6.45) is 0. The first-order chi connectivity index (χ1) is 7.79. The number of rotatable bonds is 3. The fourth-order valence-electron chi connectivity index (χ4n) is 1.23. The lowest BCUT2D eigenvalue weighted by Crippen LogP contribution is -1.88. The molecule has 1 aromatic heterocycles. The topological polar surface area (TPSA) is 36.7 Å². The van der Waals surface area contributed by atoms with Crippen molar-refractivity contribution in [1.82, 2.24) is 4.98 Å².